The molecule has 0 bridgehead atoms. The number of aliphatic hydroxyl groups excluding tert-OH is 1. The van der Waals surface area contributed by atoms with Crippen molar-refractivity contribution in [2.45, 2.75) is 13.5 Å². The topological polar surface area (TPSA) is 47.3 Å². The van der Waals surface area contributed by atoms with Crippen LogP contribution in [0.3, 0.4) is 0 Å². The van der Waals surface area contributed by atoms with E-state index >= 15 is 0 Å². The highest BCUT2D eigenvalue weighted by atomic mass is 16.3. The van der Waals surface area contributed by atoms with E-state index in [9.17, 15) is 10.4 Å². The predicted octanol–water partition coefficient (Wildman–Crippen LogP) is 2.87. The van der Waals surface area contributed by atoms with Gasteiger partial charge < -0.3 is 10.0 Å². The van der Waals surface area contributed by atoms with E-state index in [0.29, 0.717) is 18.7 Å². The van der Waals surface area contributed by atoms with Gasteiger partial charge >= 0.3 is 0 Å². The van der Waals surface area contributed by atoms with Crippen molar-refractivity contribution in [2.24, 2.45) is 0 Å². The number of nitrogens with zero attached hydrogens (tertiary/aromatic N) is 2. The highest BCUT2D eigenvalue weighted by Crippen LogP contribution is 2.23. The highest BCUT2D eigenvalue weighted by Gasteiger charge is 2.11. The third-order valence-corrected chi connectivity index (χ3v) is 3.20. The van der Waals surface area contributed by atoms with E-state index in [2.05, 4.69) is 6.07 Å². The summed E-state index contributed by atoms with van der Waals surface area (Å²) in [4.78, 5) is 2.04. The molecule has 0 atom stereocenters. The molecule has 2 rings (SSSR count). The molecular formula is C17H18N2O. The average molecular weight is 266 g/mol. The van der Waals surface area contributed by atoms with Crippen molar-refractivity contribution >= 4 is 5.69 Å². The monoisotopic (exact) mass is 266 g/mol. The van der Waals surface area contributed by atoms with E-state index in [0.717, 1.165) is 16.8 Å². The molecule has 0 saturated carbocycles. The zero-order chi connectivity index (χ0) is 14.4. The minimum Gasteiger partial charge on any atom is -0.395 e. The fourth-order valence-electron chi connectivity index (χ4n) is 2.22. The minimum absolute atomic E-state index is 0.0611. The Morgan fingerprint density at radius 3 is 2.55 bits per heavy atom. The molecule has 102 valence electrons. The van der Waals surface area contributed by atoms with E-state index in [4.69, 9.17) is 0 Å². The lowest BCUT2D eigenvalue weighted by molar-refractivity contribution is 0.301. The van der Waals surface area contributed by atoms with E-state index in [1.165, 1.54) is 0 Å². The summed E-state index contributed by atoms with van der Waals surface area (Å²) < 4.78 is 0. The van der Waals surface area contributed by atoms with Crippen molar-refractivity contribution in [3.05, 3.63) is 65.2 Å². The smallest absolute Gasteiger partial charge is 0.101 e. The Labute approximate surface area is 119 Å². The maximum Gasteiger partial charge on any atom is 0.101 e. The van der Waals surface area contributed by atoms with Gasteiger partial charge in [-0.1, -0.05) is 36.4 Å². The first-order valence-corrected chi connectivity index (χ1v) is 6.65. The Morgan fingerprint density at radius 2 is 1.90 bits per heavy atom. The van der Waals surface area contributed by atoms with Crippen LogP contribution in [-0.2, 0) is 6.54 Å². The minimum atomic E-state index is 0.0611. The second-order valence-corrected chi connectivity index (χ2v) is 4.76. The van der Waals surface area contributed by atoms with Gasteiger partial charge in [-0.3, -0.25) is 0 Å². The van der Waals surface area contributed by atoms with Gasteiger partial charge in [0.15, 0.2) is 0 Å². The largest absolute Gasteiger partial charge is 0.395 e. The van der Waals surface area contributed by atoms with Gasteiger partial charge in [0.2, 0.25) is 0 Å². The van der Waals surface area contributed by atoms with Crippen LogP contribution in [0.15, 0.2) is 48.5 Å². The highest BCUT2D eigenvalue weighted by molar-refractivity contribution is 5.60. The zero-order valence-electron chi connectivity index (χ0n) is 11.6. The maximum absolute atomic E-state index is 9.29. The molecule has 0 saturated heterocycles. The number of rotatable bonds is 5. The molecule has 1 N–H and O–H groups in total. The van der Waals surface area contributed by atoms with Crippen molar-refractivity contribution in [1.82, 2.24) is 0 Å². The summed E-state index contributed by atoms with van der Waals surface area (Å²) in [5, 5.41) is 18.6. The lowest BCUT2D eigenvalue weighted by Crippen LogP contribution is -2.26. The fourth-order valence-corrected chi connectivity index (χ4v) is 2.22. The van der Waals surface area contributed by atoms with Crippen LogP contribution in [0.1, 0.15) is 16.7 Å². The van der Waals surface area contributed by atoms with Gasteiger partial charge in [-0.25, -0.2) is 0 Å². The summed E-state index contributed by atoms with van der Waals surface area (Å²) in [6.45, 7) is 3.22. The molecule has 0 aliphatic rings. The first kappa shape index (κ1) is 14.1. The molecule has 0 aliphatic heterocycles. The van der Waals surface area contributed by atoms with Gasteiger partial charge in [0.25, 0.3) is 0 Å². The van der Waals surface area contributed by atoms with Crippen molar-refractivity contribution in [3.8, 4) is 6.07 Å². The normalized spacial score (nSPS) is 10.1. The van der Waals surface area contributed by atoms with Crippen molar-refractivity contribution in [2.75, 3.05) is 18.1 Å². The van der Waals surface area contributed by atoms with Gasteiger partial charge in [0.1, 0.15) is 6.07 Å². The molecular weight excluding hydrogens is 248 g/mol. The number of hydrogen-bond acceptors (Lipinski definition) is 3. The number of aryl methyl sites for hydroxylation is 1. The van der Waals surface area contributed by atoms with Gasteiger partial charge in [-0.05, 0) is 30.2 Å². The first-order valence-electron chi connectivity index (χ1n) is 6.65. The molecule has 0 aromatic heterocycles. The Hall–Kier alpha value is -2.31. The van der Waals surface area contributed by atoms with Crippen LogP contribution in [0.2, 0.25) is 0 Å². The summed E-state index contributed by atoms with van der Waals surface area (Å²) in [5.74, 6) is 0. The molecule has 2 aromatic rings. The van der Waals surface area contributed by atoms with Crippen LogP contribution >= 0.6 is 0 Å². The molecule has 20 heavy (non-hydrogen) atoms. The van der Waals surface area contributed by atoms with E-state index in [1.807, 2.05) is 60.4 Å². The van der Waals surface area contributed by atoms with E-state index < -0.39 is 0 Å². The fraction of sp³-hybridized carbons (Fsp3) is 0.235. The van der Waals surface area contributed by atoms with Crippen LogP contribution < -0.4 is 4.90 Å². The molecule has 3 nitrogen and oxygen atoms in total. The first-order chi connectivity index (χ1) is 9.74. The van der Waals surface area contributed by atoms with Crippen LogP contribution in [0.25, 0.3) is 0 Å². The lowest BCUT2D eigenvalue weighted by Gasteiger charge is -2.25. The van der Waals surface area contributed by atoms with E-state index in [-0.39, 0.29) is 6.61 Å². The number of anilines is 1. The third-order valence-electron chi connectivity index (χ3n) is 3.20. The molecule has 2 aromatic carbocycles. The van der Waals surface area contributed by atoms with Crippen LogP contribution in [-0.4, -0.2) is 18.3 Å². The number of hydrogen-bond donors (Lipinski definition) is 1. The second kappa shape index (κ2) is 6.74. The lowest BCUT2D eigenvalue weighted by atomic mass is 10.1. The Morgan fingerprint density at radius 1 is 1.15 bits per heavy atom. The number of nitriles is 1. The molecule has 0 fully saturated rings. The van der Waals surface area contributed by atoms with Crippen molar-refractivity contribution in [1.29, 1.82) is 5.26 Å². The SMILES string of the molecule is Cc1ccc(N(CCO)Cc2ccccc2)c(C#N)c1. The van der Waals surface area contributed by atoms with Gasteiger partial charge in [0.05, 0.1) is 17.9 Å². The van der Waals surface area contributed by atoms with Crippen molar-refractivity contribution in [3.63, 3.8) is 0 Å². The Balaban J connectivity index is 2.31. The second-order valence-electron chi connectivity index (χ2n) is 4.76. The van der Waals surface area contributed by atoms with Crippen molar-refractivity contribution < 1.29 is 5.11 Å². The number of benzene rings is 2. The summed E-state index contributed by atoms with van der Waals surface area (Å²) in [6.07, 6.45) is 0. The Kier molecular flexibility index (Phi) is 4.75. The third kappa shape index (κ3) is 3.37. The molecule has 3 heteroatoms. The zero-order valence-corrected chi connectivity index (χ0v) is 11.6. The molecule has 0 unspecified atom stereocenters. The molecule has 0 amide bonds. The summed E-state index contributed by atoms with van der Waals surface area (Å²) in [7, 11) is 0. The molecule has 0 aliphatic carbocycles. The quantitative estimate of drug-likeness (QED) is 0.905. The summed E-state index contributed by atoms with van der Waals surface area (Å²) >= 11 is 0. The average Bonchev–Trinajstić information content (AvgIpc) is 2.48. The maximum atomic E-state index is 9.29. The van der Waals surface area contributed by atoms with Gasteiger partial charge in [0, 0.05) is 13.1 Å². The predicted molar refractivity (Wildman–Crippen MR) is 80.5 cm³/mol. The summed E-state index contributed by atoms with van der Waals surface area (Å²) in [5.41, 5.74) is 3.74. The molecule has 0 spiro atoms. The number of aliphatic hydroxyl groups is 1. The van der Waals surface area contributed by atoms with Crippen LogP contribution in [0.5, 0.6) is 0 Å². The molecule has 0 heterocycles. The van der Waals surface area contributed by atoms with Gasteiger partial charge in [-0.15, -0.1) is 0 Å². The van der Waals surface area contributed by atoms with Crippen LogP contribution in [0, 0.1) is 18.3 Å². The van der Waals surface area contributed by atoms with Crippen LogP contribution in [0.4, 0.5) is 5.69 Å². The Bertz CT molecular complexity index is 602. The van der Waals surface area contributed by atoms with E-state index in [1.54, 1.807) is 0 Å². The van der Waals surface area contributed by atoms with Gasteiger partial charge in [-0.2, -0.15) is 5.26 Å². The standard InChI is InChI=1S/C17H18N2O/c1-14-7-8-17(16(11-14)12-18)19(9-10-20)13-15-5-3-2-4-6-15/h2-8,11,20H,9-10,13H2,1H3. The molecule has 0 radical (unpaired) electrons. The summed E-state index contributed by atoms with van der Waals surface area (Å²) in [6, 6.07) is 18.1.